The number of aryl methyl sites for hydroxylation is 1. The van der Waals surface area contributed by atoms with Crippen molar-refractivity contribution in [3.63, 3.8) is 0 Å². The summed E-state index contributed by atoms with van der Waals surface area (Å²) < 4.78 is 50.6. The number of aliphatic hydroxyl groups is 1. The maximum atomic E-state index is 12.4. The quantitative estimate of drug-likeness (QED) is 0.847. The van der Waals surface area contributed by atoms with Crippen molar-refractivity contribution >= 4 is 26.0 Å². The molecule has 1 aromatic rings. The monoisotopic (exact) mass is 357 g/mol. The Morgan fingerprint density at radius 1 is 1.42 bits per heavy atom. The highest BCUT2D eigenvalue weighted by Crippen LogP contribution is 2.24. The second kappa shape index (κ2) is 6.74. The third-order valence-electron chi connectivity index (χ3n) is 2.46. The van der Waals surface area contributed by atoms with Gasteiger partial charge in [0.1, 0.15) is 0 Å². The highest BCUT2D eigenvalue weighted by Gasteiger charge is 2.28. The number of rotatable bonds is 6. The number of alkyl halides is 2. The summed E-state index contributed by atoms with van der Waals surface area (Å²) in [5.74, 6) is 0. The minimum absolute atomic E-state index is 0.0454. The number of benzene rings is 1. The maximum absolute atomic E-state index is 12.4. The molecule has 0 aliphatic carbocycles. The number of hydrogen-bond donors (Lipinski definition) is 1. The van der Waals surface area contributed by atoms with Crippen molar-refractivity contribution in [3.05, 3.63) is 28.2 Å². The minimum Gasteiger partial charge on any atom is -0.395 e. The first-order valence-corrected chi connectivity index (χ1v) is 7.67. The number of sulfonamides is 1. The Morgan fingerprint density at radius 2 is 2.05 bits per heavy atom. The van der Waals surface area contributed by atoms with Crippen molar-refractivity contribution in [2.45, 2.75) is 18.2 Å². The predicted octanol–water partition coefficient (Wildman–Crippen LogP) is 2.01. The average Bonchev–Trinajstić information content (AvgIpc) is 2.31. The van der Waals surface area contributed by atoms with Gasteiger partial charge in [0.2, 0.25) is 10.0 Å². The van der Waals surface area contributed by atoms with Crippen LogP contribution in [0.3, 0.4) is 0 Å². The van der Waals surface area contributed by atoms with E-state index in [1.807, 2.05) is 0 Å². The Labute approximate surface area is 119 Å². The number of nitrogens with zero attached hydrogens (tertiary/aromatic N) is 1. The van der Waals surface area contributed by atoms with Crippen LogP contribution in [0.25, 0.3) is 0 Å². The second-order valence-electron chi connectivity index (χ2n) is 3.89. The van der Waals surface area contributed by atoms with Gasteiger partial charge in [-0.25, -0.2) is 17.2 Å². The van der Waals surface area contributed by atoms with Crippen molar-refractivity contribution in [2.75, 3.05) is 19.7 Å². The van der Waals surface area contributed by atoms with Gasteiger partial charge in [-0.1, -0.05) is 22.0 Å². The molecule has 0 atom stereocenters. The SMILES string of the molecule is Cc1ccc(Br)cc1S(=O)(=O)N(CCO)CC(F)F. The molecule has 0 spiro atoms. The molecule has 0 fully saturated rings. The summed E-state index contributed by atoms with van der Waals surface area (Å²) >= 11 is 3.15. The first-order valence-electron chi connectivity index (χ1n) is 5.44. The molecule has 1 aromatic carbocycles. The third kappa shape index (κ3) is 4.20. The molecule has 0 radical (unpaired) electrons. The van der Waals surface area contributed by atoms with E-state index in [1.165, 1.54) is 6.07 Å². The van der Waals surface area contributed by atoms with Gasteiger partial charge in [-0.2, -0.15) is 4.31 Å². The van der Waals surface area contributed by atoms with Gasteiger partial charge < -0.3 is 5.11 Å². The molecule has 0 aromatic heterocycles. The Balaban J connectivity index is 3.22. The van der Waals surface area contributed by atoms with Crippen LogP contribution in [-0.4, -0.2) is 44.0 Å². The standard InChI is InChI=1S/C11H14BrF2NO3S/c1-8-2-3-9(12)6-10(8)19(17,18)15(4-5-16)7-11(13)14/h2-3,6,11,16H,4-5,7H2,1H3. The Hall–Kier alpha value is -0.570. The largest absolute Gasteiger partial charge is 0.395 e. The lowest BCUT2D eigenvalue weighted by Crippen LogP contribution is -2.37. The van der Waals surface area contributed by atoms with Crippen molar-refractivity contribution in [1.29, 1.82) is 0 Å². The molecule has 0 aliphatic rings. The third-order valence-corrected chi connectivity index (χ3v) is 4.96. The number of hydrogen-bond acceptors (Lipinski definition) is 3. The van der Waals surface area contributed by atoms with E-state index in [2.05, 4.69) is 15.9 Å². The Bertz CT molecular complexity index is 537. The van der Waals surface area contributed by atoms with E-state index < -0.39 is 29.6 Å². The van der Waals surface area contributed by atoms with Crippen LogP contribution in [0.15, 0.2) is 27.6 Å². The van der Waals surface area contributed by atoms with Crippen molar-refractivity contribution in [2.24, 2.45) is 0 Å². The zero-order chi connectivity index (χ0) is 14.6. The van der Waals surface area contributed by atoms with E-state index in [9.17, 15) is 17.2 Å². The minimum atomic E-state index is -4.05. The van der Waals surface area contributed by atoms with Crippen molar-refractivity contribution < 1.29 is 22.3 Å². The summed E-state index contributed by atoms with van der Waals surface area (Å²) in [6.07, 6.45) is -2.80. The van der Waals surface area contributed by atoms with Crippen LogP contribution in [0.2, 0.25) is 0 Å². The van der Waals surface area contributed by atoms with Gasteiger partial charge in [-0.15, -0.1) is 0 Å². The van der Waals surface area contributed by atoms with Crippen LogP contribution in [0.5, 0.6) is 0 Å². The van der Waals surface area contributed by atoms with Crippen molar-refractivity contribution in [3.8, 4) is 0 Å². The van der Waals surface area contributed by atoms with Gasteiger partial charge in [-0.3, -0.25) is 0 Å². The number of aliphatic hydroxyl groups excluding tert-OH is 1. The summed E-state index contributed by atoms with van der Waals surface area (Å²) in [4.78, 5) is -0.0454. The predicted molar refractivity (Wildman–Crippen MR) is 70.7 cm³/mol. The first kappa shape index (κ1) is 16.5. The van der Waals surface area contributed by atoms with E-state index in [0.717, 1.165) is 0 Å². The zero-order valence-corrected chi connectivity index (χ0v) is 12.6. The Morgan fingerprint density at radius 3 is 2.58 bits per heavy atom. The summed E-state index contributed by atoms with van der Waals surface area (Å²) in [7, 11) is -4.05. The second-order valence-corrected chi connectivity index (χ2v) is 6.71. The fraction of sp³-hybridized carbons (Fsp3) is 0.455. The summed E-state index contributed by atoms with van der Waals surface area (Å²) in [5.41, 5.74) is 0.459. The fourth-order valence-electron chi connectivity index (χ4n) is 1.57. The molecule has 1 N–H and O–H groups in total. The molecule has 8 heteroatoms. The Kier molecular flexibility index (Phi) is 5.84. The molecule has 0 amide bonds. The van der Waals surface area contributed by atoms with Gasteiger partial charge in [0, 0.05) is 11.0 Å². The lowest BCUT2D eigenvalue weighted by Gasteiger charge is -2.22. The highest BCUT2D eigenvalue weighted by atomic mass is 79.9. The maximum Gasteiger partial charge on any atom is 0.252 e. The first-order chi connectivity index (χ1) is 8.78. The normalized spacial score (nSPS) is 12.4. The molecule has 0 saturated heterocycles. The lowest BCUT2D eigenvalue weighted by atomic mass is 10.2. The van der Waals surface area contributed by atoms with Gasteiger partial charge >= 0.3 is 0 Å². The molecular formula is C11H14BrF2NO3S. The molecule has 0 aliphatic heterocycles. The highest BCUT2D eigenvalue weighted by molar-refractivity contribution is 9.10. The van der Waals surface area contributed by atoms with Crippen LogP contribution in [-0.2, 0) is 10.0 Å². The molecule has 108 valence electrons. The molecule has 19 heavy (non-hydrogen) atoms. The van der Waals surface area contributed by atoms with Crippen LogP contribution < -0.4 is 0 Å². The van der Waals surface area contributed by atoms with Crippen LogP contribution in [0.4, 0.5) is 8.78 Å². The topological polar surface area (TPSA) is 57.6 Å². The van der Waals surface area contributed by atoms with E-state index in [-0.39, 0.29) is 11.4 Å². The summed E-state index contributed by atoms with van der Waals surface area (Å²) in [5, 5.41) is 8.82. The fourth-order valence-corrected chi connectivity index (χ4v) is 3.74. The molecule has 0 saturated carbocycles. The van der Waals surface area contributed by atoms with Crippen LogP contribution in [0, 0.1) is 6.92 Å². The smallest absolute Gasteiger partial charge is 0.252 e. The van der Waals surface area contributed by atoms with E-state index in [1.54, 1.807) is 19.1 Å². The molecule has 4 nitrogen and oxygen atoms in total. The average molecular weight is 358 g/mol. The van der Waals surface area contributed by atoms with E-state index in [0.29, 0.717) is 14.3 Å². The van der Waals surface area contributed by atoms with Crippen LogP contribution in [0.1, 0.15) is 5.56 Å². The van der Waals surface area contributed by atoms with E-state index in [4.69, 9.17) is 5.11 Å². The molecule has 0 heterocycles. The molecule has 0 bridgehead atoms. The molecular weight excluding hydrogens is 344 g/mol. The van der Waals surface area contributed by atoms with E-state index >= 15 is 0 Å². The van der Waals surface area contributed by atoms with Crippen LogP contribution >= 0.6 is 15.9 Å². The number of halogens is 3. The summed E-state index contributed by atoms with van der Waals surface area (Å²) in [6.45, 7) is -0.231. The lowest BCUT2D eigenvalue weighted by molar-refractivity contribution is 0.113. The van der Waals surface area contributed by atoms with Gasteiger partial charge in [0.15, 0.2) is 0 Å². The molecule has 0 unspecified atom stereocenters. The zero-order valence-electron chi connectivity index (χ0n) is 10.2. The van der Waals surface area contributed by atoms with Crippen molar-refractivity contribution in [1.82, 2.24) is 4.31 Å². The van der Waals surface area contributed by atoms with Gasteiger partial charge in [0.05, 0.1) is 18.0 Å². The molecule has 1 rings (SSSR count). The van der Waals surface area contributed by atoms with Gasteiger partial charge in [-0.05, 0) is 24.6 Å². The van der Waals surface area contributed by atoms with Gasteiger partial charge in [0.25, 0.3) is 6.43 Å². The summed E-state index contributed by atoms with van der Waals surface area (Å²) in [6, 6.07) is 4.61.